The van der Waals surface area contributed by atoms with Crippen LogP contribution in [0.25, 0.3) is 22.0 Å². The molecular formula is C28H28ClFN7O3S-. The van der Waals surface area contributed by atoms with Crippen LogP contribution in [0.1, 0.15) is 18.5 Å². The molecule has 0 radical (unpaired) electrons. The summed E-state index contributed by atoms with van der Waals surface area (Å²) >= 11 is 4.24. The highest BCUT2D eigenvalue weighted by Crippen LogP contribution is 2.35. The van der Waals surface area contributed by atoms with E-state index >= 15 is 0 Å². The molecule has 0 bridgehead atoms. The summed E-state index contributed by atoms with van der Waals surface area (Å²) in [5.41, 5.74) is 3.64. The number of anilines is 2. The van der Waals surface area contributed by atoms with Crippen molar-refractivity contribution in [3.8, 4) is 11.1 Å². The summed E-state index contributed by atoms with van der Waals surface area (Å²) in [7, 11) is 0. The zero-order valence-corrected chi connectivity index (χ0v) is 23.8. The molecule has 1 amide bonds. The number of halogens is 2. The second-order valence-electron chi connectivity index (χ2n) is 9.68. The largest absolute Gasteiger partial charge is 0.771 e. The average Bonchev–Trinajstić information content (AvgIpc) is 2.98. The zero-order chi connectivity index (χ0) is 28.9. The molecule has 1 aliphatic rings. The Bertz CT molecular complexity index is 1570. The number of amides is 1. The molecule has 2 aromatic carbocycles. The Morgan fingerprint density at radius 1 is 1.07 bits per heavy atom. The van der Waals surface area contributed by atoms with Gasteiger partial charge in [-0.2, -0.15) is 0 Å². The SMILES string of the molecule is C[C@@H](Nc1c(Cl)cnc2ccc(-c3cnc(N4CCN(CC(=O)NCS(=O)[O-])CC4)nc3)cc12)c1ccccc1F. The molecule has 41 heavy (non-hydrogen) atoms. The number of nitrogens with zero attached hydrogens (tertiary/aromatic N) is 5. The molecule has 1 saturated heterocycles. The molecule has 1 fully saturated rings. The van der Waals surface area contributed by atoms with Gasteiger partial charge in [-0.3, -0.25) is 18.9 Å². The molecule has 13 heteroatoms. The van der Waals surface area contributed by atoms with Crippen molar-refractivity contribution in [2.24, 2.45) is 0 Å². The maximum Gasteiger partial charge on any atom is 0.234 e. The standard InChI is InChI=1S/C28H29ClFN7O3S/c1-18(21-4-2-3-5-24(21)30)35-27-22-12-19(6-7-25(22)31-15-23(27)29)20-13-32-28(33-14-20)37-10-8-36(9-11-37)16-26(38)34-17-41(39)40/h2-7,12-15,18H,8-11,16-17H2,1H3,(H,31,35)(H,34,38)(H,39,40)/p-1/t18-/m1/s1. The van der Waals surface area contributed by atoms with Crippen LogP contribution in [-0.2, 0) is 15.9 Å². The molecule has 1 aliphatic heterocycles. The van der Waals surface area contributed by atoms with Crippen molar-refractivity contribution in [1.82, 2.24) is 25.2 Å². The Morgan fingerprint density at radius 3 is 2.51 bits per heavy atom. The molecule has 2 N–H and O–H groups in total. The van der Waals surface area contributed by atoms with Gasteiger partial charge in [0, 0.05) is 61.3 Å². The molecule has 2 aromatic heterocycles. The molecular weight excluding hydrogens is 569 g/mol. The number of nitrogens with one attached hydrogen (secondary N) is 2. The van der Waals surface area contributed by atoms with E-state index in [-0.39, 0.29) is 30.2 Å². The van der Waals surface area contributed by atoms with E-state index in [1.54, 1.807) is 36.8 Å². The third kappa shape index (κ3) is 6.96. The van der Waals surface area contributed by atoms with Gasteiger partial charge in [0.05, 0.1) is 34.7 Å². The topological polar surface area (TPSA) is 126 Å². The Hall–Kier alpha value is -3.71. The lowest BCUT2D eigenvalue weighted by molar-refractivity contribution is -0.122. The van der Waals surface area contributed by atoms with Crippen molar-refractivity contribution in [3.05, 3.63) is 77.5 Å². The Kier molecular flexibility index (Phi) is 9.03. The number of rotatable bonds is 9. The number of hydrogen-bond donors (Lipinski definition) is 2. The number of aromatic nitrogens is 3. The fraction of sp³-hybridized carbons (Fsp3) is 0.286. The van der Waals surface area contributed by atoms with E-state index in [2.05, 4.69) is 25.6 Å². The van der Waals surface area contributed by atoms with E-state index < -0.39 is 11.1 Å². The van der Waals surface area contributed by atoms with Gasteiger partial charge in [-0.05, 0) is 41.8 Å². The summed E-state index contributed by atoms with van der Waals surface area (Å²) in [4.78, 5) is 29.5. The van der Waals surface area contributed by atoms with Gasteiger partial charge in [0.25, 0.3) is 0 Å². The average molecular weight is 597 g/mol. The van der Waals surface area contributed by atoms with E-state index in [9.17, 15) is 17.9 Å². The second kappa shape index (κ2) is 12.9. The first-order valence-electron chi connectivity index (χ1n) is 13.0. The van der Waals surface area contributed by atoms with Crippen LogP contribution in [0.3, 0.4) is 0 Å². The van der Waals surface area contributed by atoms with Gasteiger partial charge in [0.15, 0.2) is 0 Å². The second-order valence-corrected chi connectivity index (χ2v) is 11.0. The molecule has 0 aliphatic carbocycles. The van der Waals surface area contributed by atoms with E-state index in [0.29, 0.717) is 48.4 Å². The normalized spacial score (nSPS) is 15.5. The van der Waals surface area contributed by atoms with Crippen molar-refractivity contribution in [2.75, 3.05) is 48.8 Å². The summed E-state index contributed by atoms with van der Waals surface area (Å²) in [6.45, 7) is 4.54. The van der Waals surface area contributed by atoms with Gasteiger partial charge in [-0.1, -0.05) is 35.9 Å². The summed E-state index contributed by atoms with van der Waals surface area (Å²) in [6, 6.07) is 12.1. The summed E-state index contributed by atoms with van der Waals surface area (Å²) < 4.78 is 35.6. The van der Waals surface area contributed by atoms with Gasteiger partial charge < -0.3 is 20.1 Å². The monoisotopic (exact) mass is 596 g/mol. The van der Waals surface area contributed by atoms with Gasteiger partial charge in [-0.15, -0.1) is 0 Å². The van der Waals surface area contributed by atoms with Crippen molar-refractivity contribution in [2.45, 2.75) is 13.0 Å². The predicted molar refractivity (Wildman–Crippen MR) is 157 cm³/mol. The summed E-state index contributed by atoms with van der Waals surface area (Å²) in [5.74, 6) is -0.410. The minimum atomic E-state index is -2.31. The smallest absolute Gasteiger partial charge is 0.234 e. The van der Waals surface area contributed by atoms with E-state index in [4.69, 9.17) is 11.6 Å². The van der Waals surface area contributed by atoms with Crippen molar-refractivity contribution in [3.63, 3.8) is 0 Å². The number of carbonyl (C=O) groups is 1. The first kappa shape index (κ1) is 28.8. The Balaban J connectivity index is 1.28. The third-order valence-electron chi connectivity index (χ3n) is 6.94. The van der Waals surface area contributed by atoms with Gasteiger partial charge in [0.1, 0.15) is 5.82 Å². The van der Waals surface area contributed by atoms with Crippen molar-refractivity contribution >= 4 is 51.1 Å². The third-order valence-corrected chi connectivity index (χ3v) is 7.60. The number of pyridine rings is 1. The van der Waals surface area contributed by atoms with Crippen LogP contribution in [0.4, 0.5) is 16.0 Å². The van der Waals surface area contributed by atoms with Crippen LogP contribution in [0.5, 0.6) is 0 Å². The summed E-state index contributed by atoms with van der Waals surface area (Å²) in [6.07, 6.45) is 5.11. The number of carbonyl (C=O) groups excluding carboxylic acids is 1. The summed E-state index contributed by atoms with van der Waals surface area (Å²) in [5, 5.41) is 6.96. The maximum absolute atomic E-state index is 14.4. The van der Waals surface area contributed by atoms with E-state index in [1.165, 1.54) is 6.07 Å². The Morgan fingerprint density at radius 2 is 1.80 bits per heavy atom. The molecule has 5 rings (SSSR count). The molecule has 2 atom stereocenters. The van der Waals surface area contributed by atoms with Gasteiger partial charge in [0.2, 0.25) is 11.9 Å². The zero-order valence-electron chi connectivity index (χ0n) is 22.2. The minimum absolute atomic E-state index is 0.140. The van der Waals surface area contributed by atoms with Crippen molar-refractivity contribution in [1.29, 1.82) is 0 Å². The highest BCUT2D eigenvalue weighted by atomic mass is 35.5. The number of hydrogen-bond acceptors (Lipinski definition) is 9. The first-order chi connectivity index (χ1) is 19.8. The predicted octanol–water partition coefficient (Wildman–Crippen LogP) is 3.73. The Labute approximate surface area is 244 Å². The fourth-order valence-corrected chi connectivity index (χ4v) is 5.24. The van der Waals surface area contributed by atoms with Crippen LogP contribution >= 0.6 is 11.6 Å². The molecule has 0 spiro atoms. The van der Waals surface area contributed by atoms with Gasteiger partial charge >= 0.3 is 0 Å². The van der Waals surface area contributed by atoms with Crippen LogP contribution < -0.4 is 15.5 Å². The van der Waals surface area contributed by atoms with Gasteiger partial charge in [-0.25, -0.2) is 14.4 Å². The molecule has 0 saturated carbocycles. The number of piperazine rings is 1. The molecule has 214 valence electrons. The lowest BCUT2D eigenvalue weighted by Crippen LogP contribution is -2.50. The molecule has 10 nitrogen and oxygen atoms in total. The first-order valence-corrected chi connectivity index (χ1v) is 14.6. The number of fused-ring (bicyclic) bond motifs is 1. The number of benzene rings is 2. The highest BCUT2D eigenvalue weighted by Gasteiger charge is 2.21. The maximum atomic E-state index is 14.4. The minimum Gasteiger partial charge on any atom is -0.771 e. The van der Waals surface area contributed by atoms with Crippen molar-refractivity contribution < 1.29 is 17.9 Å². The molecule has 1 unspecified atom stereocenters. The van der Waals surface area contributed by atoms with E-state index in [0.717, 1.165) is 22.0 Å². The van der Waals surface area contributed by atoms with Crippen LogP contribution in [-0.4, -0.2) is 73.1 Å². The van der Waals surface area contributed by atoms with Crippen LogP contribution in [0.2, 0.25) is 5.02 Å². The molecule has 4 aromatic rings. The quantitative estimate of drug-likeness (QED) is 0.278. The lowest BCUT2D eigenvalue weighted by atomic mass is 10.0. The van der Waals surface area contributed by atoms with Crippen LogP contribution in [0, 0.1) is 5.82 Å². The fourth-order valence-electron chi connectivity index (χ4n) is 4.75. The highest BCUT2D eigenvalue weighted by molar-refractivity contribution is 7.79. The lowest BCUT2D eigenvalue weighted by Gasteiger charge is -2.34. The van der Waals surface area contributed by atoms with Crippen LogP contribution in [0.15, 0.2) is 61.1 Å². The molecule has 3 heterocycles. The van der Waals surface area contributed by atoms with E-state index in [1.807, 2.05) is 34.9 Å².